The number of methoxy groups -OCH3 is 3. The van der Waals surface area contributed by atoms with E-state index < -0.39 is 0 Å². The SMILES string of the molecule is COc1c(Br)cc(C=O)c(OC)c1OC. The molecule has 4 nitrogen and oxygen atoms in total. The average molecular weight is 275 g/mol. The number of carbonyl (C=O) groups is 1. The van der Waals surface area contributed by atoms with E-state index in [0.29, 0.717) is 33.6 Å². The molecule has 0 saturated heterocycles. The molecule has 0 saturated carbocycles. The number of hydrogen-bond acceptors (Lipinski definition) is 4. The Morgan fingerprint density at radius 3 is 2.00 bits per heavy atom. The van der Waals surface area contributed by atoms with Gasteiger partial charge in [0.05, 0.1) is 31.4 Å². The van der Waals surface area contributed by atoms with Gasteiger partial charge in [0.15, 0.2) is 17.8 Å². The zero-order chi connectivity index (χ0) is 11.4. The van der Waals surface area contributed by atoms with Crippen LogP contribution in [0.4, 0.5) is 0 Å². The van der Waals surface area contributed by atoms with Crippen molar-refractivity contribution < 1.29 is 19.0 Å². The Balaban J connectivity index is 3.51. The molecule has 0 N–H and O–H groups in total. The van der Waals surface area contributed by atoms with E-state index in [1.54, 1.807) is 6.07 Å². The zero-order valence-corrected chi connectivity index (χ0v) is 10.3. The molecule has 5 heteroatoms. The van der Waals surface area contributed by atoms with Crippen LogP contribution in [0.15, 0.2) is 10.5 Å². The Labute approximate surface area is 96.3 Å². The summed E-state index contributed by atoms with van der Waals surface area (Å²) < 4.78 is 16.0. The summed E-state index contributed by atoms with van der Waals surface area (Å²) in [5, 5.41) is 0. The molecular formula is C10H11BrO4. The first-order valence-corrected chi connectivity index (χ1v) is 4.92. The summed E-state index contributed by atoms with van der Waals surface area (Å²) in [5.41, 5.74) is 0.405. The van der Waals surface area contributed by atoms with Crippen LogP contribution in [-0.2, 0) is 0 Å². The third kappa shape index (κ3) is 2.07. The van der Waals surface area contributed by atoms with E-state index in [0.717, 1.165) is 0 Å². The third-order valence-electron chi connectivity index (χ3n) is 1.91. The van der Waals surface area contributed by atoms with E-state index in [9.17, 15) is 4.79 Å². The Kier molecular flexibility index (Phi) is 3.96. The molecule has 0 aliphatic rings. The van der Waals surface area contributed by atoms with Gasteiger partial charge in [-0.05, 0) is 22.0 Å². The first-order chi connectivity index (χ1) is 7.19. The van der Waals surface area contributed by atoms with Crippen LogP contribution in [0.2, 0.25) is 0 Å². The van der Waals surface area contributed by atoms with Gasteiger partial charge < -0.3 is 14.2 Å². The van der Waals surface area contributed by atoms with Crippen molar-refractivity contribution in [1.82, 2.24) is 0 Å². The topological polar surface area (TPSA) is 44.8 Å². The Morgan fingerprint density at radius 2 is 1.60 bits per heavy atom. The van der Waals surface area contributed by atoms with E-state index in [4.69, 9.17) is 14.2 Å². The fraction of sp³-hybridized carbons (Fsp3) is 0.300. The van der Waals surface area contributed by atoms with Crippen molar-refractivity contribution in [2.75, 3.05) is 21.3 Å². The molecule has 0 heterocycles. The molecule has 1 aromatic carbocycles. The Hall–Kier alpha value is -1.23. The van der Waals surface area contributed by atoms with Gasteiger partial charge in [0, 0.05) is 0 Å². The minimum absolute atomic E-state index is 0.368. The van der Waals surface area contributed by atoms with Crippen LogP contribution < -0.4 is 14.2 Å². The van der Waals surface area contributed by atoms with Crippen LogP contribution >= 0.6 is 15.9 Å². The molecule has 82 valence electrons. The quantitative estimate of drug-likeness (QED) is 0.791. The Morgan fingerprint density at radius 1 is 1.07 bits per heavy atom. The average Bonchev–Trinajstić information content (AvgIpc) is 2.27. The number of rotatable bonds is 4. The lowest BCUT2D eigenvalue weighted by atomic mass is 10.2. The van der Waals surface area contributed by atoms with Gasteiger partial charge in [0.25, 0.3) is 0 Å². The molecule has 0 bridgehead atoms. The monoisotopic (exact) mass is 274 g/mol. The first kappa shape index (κ1) is 11.8. The maximum Gasteiger partial charge on any atom is 0.205 e. The van der Waals surface area contributed by atoms with Gasteiger partial charge in [-0.15, -0.1) is 0 Å². The number of aldehydes is 1. The third-order valence-corrected chi connectivity index (χ3v) is 2.50. The standard InChI is InChI=1S/C10H11BrO4/c1-13-8-6(5-12)4-7(11)9(14-2)10(8)15-3/h4-5H,1-3H3. The van der Waals surface area contributed by atoms with Gasteiger partial charge >= 0.3 is 0 Å². The normalized spacial score (nSPS) is 9.60. The molecule has 0 aliphatic heterocycles. The largest absolute Gasteiger partial charge is 0.492 e. The van der Waals surface area contributed by atoms with Crippen molar-refractivity contribution >= 4 is 22.2 Å². The van der Waals surface area contributed by atoms with Gasteiger partial charge in [-0.1, -0.05) is 0 Å². The number of hydrogen-bond donors (Lipinski definition) is 0. The summed E-state index contributed by atoms with van der Waals surface area (Å²) in [6, 6.07) is 1.62. The summed E-state index contributed by atoms with van der Waals surface area (Å²) >= 11 is 3.28. The molecule has 1 rings (SSSR count). The highest BCUT2D eigenvalue weighted by molar-refractivity contribution is 9.10. The van der Waals surface area contributed by atoms with Crippen molar-refractivity contribution in [3.8, 4) is 17.2 Å². The predicted octanol–water partition coefficient (Wildman–Crippen LogP) is 2.29. The van der Waals surface area contributed by atoms with Crippen molar-refractivity contribution in [1.29, 1.82) is 0 Å². The van der Waals surface area contributed by atoms with Crippen molar-refractivity contribution in [3.05, 3.63) is 16.1 Å². The van der Waals surface area contributed by atoms with Crippen LogP contribution in [0, 0.1) is 0 Å². The lowest BCUT2D eigenvalue weighted by Crippen LogP contribution is -1.99. The first-order valence-electron chi connectivity index (χ1n) is 4.13. The molecule has 0 amide bonds. The summed E-state index contributed by atoms with van der Waals surface area (Å²) in [4.78, 5) is 10.8. The zero-order valence-electron chi connectivity index (χ0n) is 8.67. The lowest BCUT2D eigenvalue weighted by Gasteiger charge is -2.14. The molecule has 0 aliphatic carbocycles. The smallest absolute Gasteiger partial charge is 0.205 e. The van der Waals surface area contributed by atoms with Gasteiger partial charge in [0.2, 0.25) is 5.75 Å². The highest BCUT2D eigenvalue weighted by Gasteiger charge is 2.18. The highest BCUT2D eigenvalue weighted by Crippen LogP contribution is 2.44. The number of ether oxygens (including phenoxy) is 3. The molecule has 0 aromatic heterocycles. The fourth-order valence-corrected chi connectivity index (χ4v) is 1.87. The molecule has 0 atom stereocenters. The van der Waals surface area contributed by atoms with E-state index in [1.165, 1.54) is 21.3 Å². The summed E-state index contributed by atoms with van der Waals surface area (Å²) in [5.74, 6) is 1.27. The van der Waals surface area contributed by atoms with Gasteiger partial charge in [-0.2, -0.15) is 0 Å². The van der Waals surface area contributed by atoms with E-state index >= 15 is 0 Å². The summed E-state index contributed by atoms with van der Waals surface area (Å²) in [6.07, 6.45) is 0.700. The maximum atomic E-state index is 10.8. The lowest BCUT2D eigenvalue weighted by molar-refractivity contribution is 0.111. The summed E-state index contributed by atoms with van der Waals surface area (Å²) in [6.45, 7) is 0. The van der Waals surface area contributed by atoms with Crippen molar-refractivity contribution in [2.45, 2.75) is 0 Å². The predicted molar refractivity (Wildman–Crippen MR) is 59.2 cm³/mol. The van der Waals surface area contributed by atoms with Crippen LogP contribution in [-0.4, -0.2) is 27.6 Å². The molecule has 1 aromatic rings. The maximum absolute atomic E-state index is 10.8. The van der Waals surface area contributed by atoms with Crippen LogP contribution in [0.1, 0.15) is 10.4 Å². The van der Waals surface area contributed by atoms with Crippen LogP contribution in [0.3, 0.4) is 0 Å². The van der Waals surface area contributed by atoms with Crippen molar-refractivity contribution in [3.63, 3.8) is 0 Å². The Bertz CT molecular complexity index is 376. The molecular weight excluding hydrogens is 264 g/mol. The van der Waals surface area contributed by atoms with Crippen molar-refractivity contribution in [2.24, 2.45) is 0 Å². The molecule has 0 fully saturated rings. The second-order valence-electron chi connectivity index (χ2n) is 2.67. The highest BCUT2D eigenvalue weighted by atomic mass is 79.9. The van der Waals surface area contributed by atoms with Gasteiger partial charge in [0.1, 0.15) is 0 Å². The van der Waals surface area contributed by atoms with Gasteiger partial charge in [-0.25, -0.2) is 0 Å². The second-order valence-corrected chi connectivity index (χ2v) is 3.52. The van der Waals surface area contributed by atoms with Crippen LogP contribution in [0.25, 0.3) is 0 Å². The van der Waals surface area contributed by atoms with E-state index in [2.05, 4.69) is 15.9 Å². The van der Waals surface area contributed by atoms with E-state index in [1.807, 2.05) is 0 Å². The summed E-state index contributed by atoms with van der Waals surface area (Å²) in [7, 11) is 4.47. The second kappa shape index (κ2) is 5.02. The fourth-order valence-electron chi connectivity index (χ4n) is 1.28. The minimum atomic E-state index is 0.368. The van der Waals surface area contributed by atoms with E-state index in [-0.39, 0.29) is 0 Å². The molecule has 0 unspecified atom stereocenters. The van der Waals surface area contributed by atoms with Gasteiger partial charge in [-0.3, -0.25) is 4.79 Å². The number of carbonyl (C=O) groups excluding carboxylic acids is 1. The number of halogens is 1. The number of benzene rings is 1. The molecule has 0 radical (unpaired) electrons. The van der Waals surface area contributed by atoms with Crippen LogP contribution in [0.5, 0.6) is 17.2 Å². The molecule has 0 spiro atoms. The minimum Gasteiger partial charge on any atom is -0.492 e. The molecule has 15 heavy (non-hydrogen) atoms.